The van der Waals surface area contributed by atoms with Crippen molar-refractivity contribution in [2.24, 2.45) is 4.99 Å². The van der Waals surface area contributed by atoms with Crippen molar-refractivity contribution in [3.63, 3.8) is 0 Å². The lowest BCUT2D eigenvalue weighted by Gasteiger charge is -2.11. The summed E-state index contributed by atoms with van der Waals surface area (Å²) in [5.41, 5.74) is 2.44. The summed E-state index contributed by atoms with van der Waals surface area (Å²) in [5.74, 6) is 2.59. The van der Waals surface area contributed by atoms with Crippen molar-refractivity contribution < 1.29 is 9.47 Å². The van der Waals surface area contributed by atoms with Gasteiger partial charge in [0.1, 0.15) is 11.5 Å². The first kappa shape index (κ1) is 23.1. The topological polar surface area (TPSA) is 54.9 Å². The van der Waals surface area contributed by atoms with Crippen molar-refractivity contribution in [3.05, 3.63) is 59.7 Å². The number of aryl methyl sites for hydroxylation is 1. The summed E-state index contributed by atoms with van der Waals surface area (Å²) < 4.78 is 10.4. The van der Waals surface area contributed by atoms with Gasteiger partial charge in [0.15, 0.2) is 5.96 Å². The van der Waals surface area contributed by atoms with Crippen LogP contribution < -0.4 is 20.1 Å². The lowest BCUT2D eigenvalue weighted by molar-refractivity contribution is 0.414. The van der Waals surface area contributed by atoms with Crippen molar-refractivity contribution in [2.45, 2.75) is 26.3 Å². The summed E-state index contributed by atoms with van der Waals surface area (Å²) in [4.78, 5) is 4.65. The van der Waals surface area contributed by atoms with Gasteiger partial charge in [0.25, 0.3) is 0 Å². The van der Waals surface area contributed by atoms with Crippen LogP contribution in [0.1, 0.15) is 24.5 Å². The van der Waals surface area contributed by atoms with Crippen LogP contribution in [0.2, 0.25) is 0 Å². The fourth-order valence-corrected chi connectivity index (χ4v) is 2.57. The highest BCUT2D eigenvalue weighted by Gasteiger charge is 2.00. The van der Waals surface area contributed by atoms with Crippen LogP contribution in [0.5, 0.6) is 11.5 Å². The van der Waals surface area contributed by atoms with Crippen LogP contribution in [-0.4, -0.2) is 33.3 Å². The first-order valence-electron chi connectivity index (χ1n) is 9.03. The molecule has 0 aliphatic heterocycles. The molecule has 5 nitrogen and oxygen atoms in total. The van der Waals surface area contributed by atoms with Crippen LogP contribution in [0.25, 0.3) is 0 Å². The number of hydrogen-bond donors (Lipinski definition) is 2. The highest BCUT2D eigenvalue weighted by atomic mass is 127. The van der Waals surface area contributed by atoms with Crippen LogP contribution in [0.15, 0.2) is 53.5 Å². The molecule has 27 heavy (non-hydrogen) atoms. The number of halogens is 1. The Morgan fingerprint density at radius 2 is 1.67 bits per heavy atom. The zero-order chi connectivity index (χ0) is 18.6. The number of guanidine groups is 1. The van der Waals surface area contributed by atoms with E-state index < -0.39 is 0 Å². The van der Waals surface area contributed by atoms with E-state index in [-0.39, 0.29) is 24.0 Å². The molecular weight excluding hydrogens is 453 g/mol. The van der Waals surface area contributed by atoms with Gasteiger partial charge in [-0.2, -0.15) is 0 Å². The highest BCUT2D eigenvalue weighted by Crippen LogP contribution is 2.13. The zero-order valence-electron chi connectivity index (χ0n) is 16.3. The van der Waals surface area contributed by atoms with E-state index in [1.807, 2.05) is 30.3 Å². The van der Waals surface area contributed by atoms with Gasteiger partial charge < -0.3 is 20.1 Å². The van der Waals surface area contributed by atoms with Crippen LogP contribution >= 0.6 is 24.0 Å². The Bertz CT molecular complexity index is 690. The second-order valence-electron chi connectivity index (χ2n) is 5.93. The molecule has 2 aromatic carbocycles. The Balaban J connectivity index is 0.00000364. The van der Waals surface area contributed by atoms with Gasteiger partial charge in [0.05, 0.1) is 20.8 Å². The Hall–Kier alpha value is -1.96. The summed E-state index contributed by atoms with van der Waals surface area (Å²) in [5, 5.41) is 6.68. The molecule has 0 unspecified atom stereocenters. The summed E-state index contributed by atoms with van der Waals surface area (Å²) in [6, 6.07) is 16.2. The molecule has 0 heterocycles. The number of nitrogens with one attached hydrogen (secondary N) is 2. The second-order valence-corrected chi connectivity index (χ2v) is 5.93. The maximum absolute atomic E-state index is 5.26. The quantitative estimate of drug-likeness (QED) is 0.245. The lowest BCUT2D eigenvalue weighted by atomic mass is 10.1. The number of nitrogens with zero attached hydrogens (tertiary/aromatic N) is 1. The standard InChI is InChI=1S/C21H29N3O2.HI/c1-4-22-21(24-16-18-7-5-9-20(15-18)26-3)23-14-6-8-17-10-12-19(25-2)13-11-17;/h5,7,9-13,15H,4,6,8,14,16H2,1-3H3,(H2,22,23,24);1H. The summed E-state index contributed by atoms with van der Waals surface area (Å²) in [6.07, 6.45) is 2.06. The lowest BCUT2D eigenvalue weighted by Crippen LogP contribution is -2.37. The normalized spacial score (nSPS) is 10.7. The Kier molecular flexibility index (Phi) is 11.3. The smallest absolute Gasteiger partial charge is 0.191 e. The largest absolute Gasteiger partial charge is 0.497 e. The van der Waals surface area contributed by atoms with Gasteiger partial charge in [0, 0.05) is 13.1 Å². The number of rotatable bonds is 9. The summed E-state index contributed by atoms with van der Waals surface area (Å²) in [7, 11) is 3.36. The van der Waals surface area contributed by atoms with Gasteiger partial charge in [-0.25, -0.2) is 4.99 Å². The molecule has 0 aliphatic rings. The molecule has 148 valence electrons. The molecular formula is C21H30IN3O2. The van der Waals surface area contributed by atoms with Gasteiger partial charge in [0.2, 0.25) is 0 Å². The molecule has 0 spiro atoms. The number of aliphatic imine (C=N–C) groups is 1. The molecule has 0 saturated heterocycles. The SMILES string of the molecule is CCNC(=NCc1cccc(OC)c1)NCCCc1ccc(OC)cc1.I. The molecule has 0 atom stereocenters. The number of ether oxygens (including phenoxy) is 2. The Morgan fingerprint density at radius 3 is 2.33 bits per heavy atom. The first-order chi connectivity index (χ1) is 12.7. The molecule has 6 heteroatoms. The van der Waals surface area contributed by atoms with E-state index in [0.717, 1.165) is 49.0 Å². The molecule has 2 rings (SSSR count). The van der Waals surface area contributed by atoms with Crippen LogP contribution in [-0.2, 0) is 13.0 Å². The fraction of sp³-hybridized carbons (Fsp3) is 0.381. The number of benzene rings is 2. The van der Waals surface area contributed by atoms with Gasteiger partial charge in [-0.3, -0.25) is 0 Å². The van der Waals surface area contributed by atoms with Crippen molar-refractivity contribution in [2.75, 3.05) is 27.3 Å². The minimum atomic E-state index is 0. The first-order valence-corrected chi connectivity index (χ1v) is 9.03. The minimum absolute atomic E-state index is 0. The minimum Gasteiger partial charge on any atom is -0.497 e. The maximum atomic E-state index is 5.26. The van der Waals surface area contributed by atoms with Crippen LogP contribution in [0, 0.1) is 0 Å². The third-order valence-electron chi connectivity index (χ3n) is 3.99. The Labute approximate surface area is 179 Å². The number of hydrogen-bond acceptors (Lipinski definition) is 3. The monoisotopic (exact) mass is 483 g/mol. The van der Waals surface area contributed by atoms with E-state index in [1.54, 1.807) is 14.2 Å². The fourth-order valence-electron chi connectivity index (χ4n) is 2.57. The van der Waals surface area contributed by atoms with Crippen molar-refractivity contribution in [1.29, 1.82) is 0 Å². The van der Waals surface area contributed by atoms with Gasteiger partial charge in [-0.15, -0.1) is 24.0 Å². The van der Waals surface area contributed by atoms with E-state index in [0.29, 0.717) is 6.54 Å². The van der Waals surface area contributed by atoms with Gasteiger partial charge in [-0.05, 0) is 55.2 Å². The van der Waals surface area contributed by atoms with E-state index in [9.17, 15) is 0 Å². The van der Waals surface area contributed by atoms with Gasteiger partial charge >= 0.3 is 0 Å². The predicted octanol–water partition coefficient (Wildman–Crippen LogP) is 4.01. The Morgan fingerprint density at radius 1 is 0.926 bits per heavy atom. The van der Waals surface area contributed by atoms with Crippen LogP contribution in [0.3, 0.4) is 0 Å². The molecule has 0 saturated carbocycles. The van der Waals surface area contributed by atoms with Gasteiger partial charge in [-0.1, -0.05) is 24.3 Å². The van der Waals surface area contributed by atoms with E-state index in [2.05, 4.69) is 40.7 Å². The molecule has 0 aromatic heterocycles. The summed E-state index contributed by atoms with van der Waals surface area (Å²) in [6.45, 7) is 4.39. The average molecular weight is 483 g/mol. The molecule has 0 aliphatic carbocycles. The molecule has 0 fully saturated rings. The molecule has 0 bridgehead atoms. The third-order valence-corrected chi connectivity index (χ3v) is 3.99. The molecule has 2 aromatic rings. The van der Waals surface area contributed by atoms with Crippen molar-refractivity contribution in [1.82, 2.24) is 10.6 Å². The van der Waals surface area contributed by atoms with E-state index >= 15 is 0 Å². The van der Waals surface area contributed by atoms with E-state index in [4.69, 9.17) is 9.47 Å². The third kappa shape index (κ3) is 8.51. The zero-order valence-corrected chi connectivity index (χ0v) is 18.7. The maximum Gasteiger partial charge on any atom is 0.191 e. The average Bonchev–Trinajstić information content (AvgIpc) is 2.69. The van der Waals surface area contributed by atoms with E-state index in [1.165, 1.54) is 5.56 Å². The molecule has 2 N–H and O–H groups in total. The van der Waals surface area contributed by atoms with Crippen molar-refractivity contribution >= 4 is 29.9 Å². The molecule has 0 amide bonds. The predicted molar refractivity (Wildman–Crippen MR) is 123 cm³/mol. The van der Waals surface area contributed by atoms with Crippen molar-refractivity contribution in [3.8, 4) is 11.5 Å². The summed E-state index contributed by atoms with van der Waals surface area (Å²) >= 11 is 0. The second kappa shape index (κ2) is 13.2. The van der Waals surface area contributed by atoms with Crippen LogP contribution in [0.4, 0.5) is 0 Å². The number of methoxy groups -OCH3 is 2. The molecule has 0 radical (unpaired) electrons. The highest BCUT2D eigenvalue weighted by molar-refractivity contribution is 14.0.